The highest BCUT2D eigenvalue weighted by molar-refractivity contribution is 5.83. The number of ether oxygens (including phenoxy) is 1. The van der Waals surface area contributed by atoms with Crippen molar-refractivity contribution in [2.24, 2.45) is 0 Å². The highest BCUT2D eigenvalue weighted by Crippen LogP contribution is 2.35. The minimum atomic E-state index is -0.561. The van der Waals surface area contributed by atoms with Gasteiger partial charge in [-0.3, -0.25) is 9.69 Å². The van der Waals surface area contributed by atoms with E-state index in [1.165, 1.54) is 22.4 Å². The van der Waals surface area contributed by atoms with Crippen LogP contribution < -0.4 is 4.90 Å². The van der Waals surface area contributed by atoms with Crippen LogP contribution in [0.5, 0.6) is 0 Å². The first kappa shape index (κ1) is 26.9. The van der Waals surface area contributed by atoms with E-state index in [-0.39, 0.29) is 5.97 Å². The fourth-order valence-corrected chi connectivity index (χ4v) is 5.58. The molecule has 0 amide bonds. The van der Waals surface area contributed by atoms with Crippen LogP contribution in [0.25, 0.3) is 11.1 Å². The molecule has 196 valence electrons. The topological polar surface area (TPSA) is 32.8 Å². The molecule has 4 heteroatoms. The molecular formula is C33H42N2O2. The molecule has 0 radical (unpaired) electrons. The number of esters is 1. The Balaban J connectivity index is 1.35. The number of rotatable bonds is 11. The van der Waals surface area contributed by atoms with Crippen molar-refractivity contribution in [3.8, 4) is 11.1 Å². The largest absolute Gasteiger partial charge is 0.465 e. The molecule has 1 aliphatic heterocycles. The lowest BCUT2D eigenvalue weighted by Crippen LogP contribution is -2.47. The Morgan fingerprint density at radius 3 is 2.32 bits per heavy atom. The Bertz CT molecular complexity index is 1140. The first-order valence-electron chi connectivity index (χ1n) is 13.9. The molecule has 1 unspecified atom stereocenters. The van der Waals surface area contributed by atoms with E-state index in [4.69, 9.17) is 4.74 Å². The number of benzene rings is 3. The van der Waals surface area contributed by atoms with Gasteiger partial charge in [0.2, 0.25) is 0 Å². The molecule has 1 heterocycles. The van der Waals surface area contributed by atoms with E-state index in [0.717, 1.165) is 64.0 Å². The molecule has 0 N–H and O–H groups in total. The molecule has 4 rings (SSSR count). The van der Waals surface area contributed by atoms with Gasteiger partial charge in [0.1, 0.15) is 0 Å². The molecule has 37 heavy (non-hydrogen) atoms. The molecule has 1 saturated heterocycles. The zero-order valence-electron chi connectivity index (χ0n) is 22.8. The lowest BCUT2D eigenvalue weighted by Gasteiger charge is -2.37. The minimum absolute atomic E-state index is 0.0681. The van der Waals surface area contributed by atoms with Crippen LogP contribution in [0.15, 0.2) is 78.9 Å². The van der Waals surface area contributed by atoms with Gasteiger partial charge in [-0.1, -0.05) is 80.6 Å². The van der Waals surface area contributed by atoms with Crippen LogP contribution in [0.3, 0.4) is 0 Å². The van der Waals surface area contributed by atoms with E-state index >= 15 is 0 Å². The van der Waals surface area contributed by atoms with Gasteiger partial charge in [0.05, 0.1) is 12.0 Å². The van der Waals surface area contributed by atoms with Crippen LogP contribution in [0.2, 0.25) is 0 Å². The van der Waals surface area contributed by atoms with Gasteiger partial charge < -0.3 is 9.64 Å². The summed E-state index contributed by atoms with van der Waals surface area (Å²) in [7, 11) is 0. The number of carbonyl (C=O) groups excluding carboxylic acids is 1. The summed E-state index contributed by atoms with van der Waals surface area (Å²) in [6.07, 6.45) is 3.39. The van der Waals surface area contributed by atoms with E-state index in [1.807, 2.05) is 25.1 Å². The van der Waals surface area contributed by atoms with Gasteiger partial charge in [-0.15, -0.1) is 0 Å². The van der Waals surface area contributed by atoms with Crippen molar-refractivity contribution in [1.82, 2.24) is 4.90 Å². The van der Waals surface area contributed by atoms with E-state index in [0.29, 0.717) is 6.61 Å². The molecule has 4 nitrogen and oxygen atoms in total. The number of hydrogen-bond donors (Lipinski definition) is 0. The Labute approximate surface area is 223 Å². The Morgan fingerprint density at radius 1 is 0.892 bits per heavy atom. The van der Waals surface area contributed by atoms with Crippen LogP contribution in [0.4, 0.5) is 5.69 Å². The maximum atomic E-state index is 13.2. The maximum absolute atomic E-state index is 13.2. The third-order valence-corrected chi connectivity index (χ3v) is 7.88. The summed E-state index contributed by atoms with van der Waals surface area (Å²) < 4.78 is 5.70. The predicted octanol–water partition coefficient (Wildman–Crippen LogP) is 6.87. The van der Waals surface area contributed by atoms with E-state index in [2.05, 4.69) is 84.3 Å². The van der Waals surface area contributed by atoms with Gasteiger partial charge in [-0.2, -0.15) is 0 Å². The first-order valence-corrected chi connectivity index (χ1v) is 13.9. The smallest absolute Gasteiger partial charge is 0.316 e. The molecule has 1 atom stereocenters. The van der Waals surface area contributed by atoms with E-state index in [9.17, 15) is 4.79 Å². The van der Waals surface area contributed by atoms with E-state index in [1.54, 1.807) is 0 Å². The lowest BCUT2D eigenvalue weighted by atomic mass is 9.74. The molecule has 0 bridgehead atoms. The van der Waals surface area contributed by atoms with Gasteiger partial charge in [0.15, 0.2) is 0 Å². The summed E-state index contributed by atoms with van der Waals surface area (Å²) in [5.41, 5.74) is 5.71. The van der Waals surface area contributed by atoms with Crippen LogP contribution in [0.1, 0.15) is 50.7 Å². The van der Waals surface area contributed by atoms with Gasteiger partial charge in [-0.05, 0) is 73.5 Å². The average Bonchev–Trinajstić information content (AvgIpc) is 2.95. The van der Waals surface area contributed by atoms with Gasteiger partial charge >= 0.3 is 5.97 Å². The van der Waals surface area contributed by atoms with Crippen molar-refractivity contribution < 1.29 is 9.53 Å². The zero-order valence-corrected chi connectivity index (χ0v) is 22.8. The second-order valence-electron chi connectivity index (χ2n) is 10.2. The van der Waals surface area contributed by atoms with Crippen molar-refractivity contribution in [2.45, 2.75) is 51.9 Å². The van der Waals surface area contributed by atoms with Crippen molar-refractivity contribution in [3.63, 3.8) is 0 Å². The second-order valence-corrected chi connectivity index (χ2v) is 10.2. The monoisotopic (exact) mass is 498 g/mol. The second kappa shape index (κ2) is 12.9. The summed E-state index contributed by atoms with van der Waals surface area (Å²) in [5.74, 6) is -0.0681. The summed E-state index contributed by atoms with van der Waals surface area (Å²) in [6.45, 7) is 12.0. The molecular weight excluding hydrogens is 456 g/mol. The van der Waals surface area contributed by atoms with E-state index < -0.39 is 5.41 Å². The van der Waals surface area contributed by atoms with Crippen molar-refractivity contribution in [3.05, 3.63) is 90.0 Å². The molecule has 0 spiro atoms. The quantitative estimate of drug-likeness (QED) is 0.270. The Morgan fingerprint density at radius 2 is 1.62 bits per heavy atom. The summed E-state index contributed by atoms with van der Waals surface area (Å²) in [4.78, 5) is 18.3. The van der Waals surface area contributed by atoms with Gasteiger partial charge in [-0.25, -0.2) is 0 Å². The fraction of sp³-hybridized carbons (Fsp3) is 0.424. The Hall–Kier alpha value is -3.11. The molecule has 0 aliphatic carbocycles. The number of piperazine rings is 1. The lowest BCUT2D eigenvalue weighted by molar-refractivity contribution is -0.151. The number of anilines is 1. The normalized spacial score (nSPS) is 15.8. The fourth-order valence-electron chi connectivity index (χ4n) is 5.58. The zero-order chi connectivity index (χ0) is 26.1. The summed E-state index contributed by atoms with van der Waals surface area (Å²) in [5, 5.41) is 0. The maximum Gasteiger partial charge on any atom is 0.316 e. The standard InChI is InChI=1S/C33H42N2O2/c1-4-25-37-32(36)33(5-2,29-15-7-6-8-16-29)19-12-20-34-21-23-35(24-22-34)30-17-11-14-28(26-30)31-18-10-9-13-27(31)3/h6-11,13-18,26H,4-5,12,19-25H2,1-3H3. The van der Waals surface area contributed by atoms with Crippen molar-refractivity contribution in [1.29, 1.82) is 0 Å². The highest BCUT2D eigenvalue weighted by Gasteiger charge is 2.39. The number of nitrogens with zero attached hydrogens (tertiary/aromatic N) is 2. The number of carbonyl (C=O) groups is 1. The SMILES string of the molecule is CCCOC(=O)C(CC)(CCCN1CCN(c2cccc(-c3ccccc3C)c2)CC1)c1ccccc1. The van der Waals surface area contributed by atoms with Crippen molar-refractivity contribution >= 4 is 11.7 Å². The third kappa shape index (κ3) is 6.42. The molecule has 1 aliphatic rings. The van der Waals surface area contributed by atoms with Gasteiger partial charge in [0.25, 0.3) is 0 Å². The van der Waals surface area contributed by atoms with Crippen LogP contribution in [0, 0.1) is 6.92 Å². The van der Waals surface area contributed by atoms with Gasteiger partial charge in [0, 0.05) is 31.9 Å². The van der Waals surface area contributed by atoms with Crippen LogP contribution in [-0.2, 0) is 14.9 Å². The minimum Gasteiger partial charge on any atom is -0.465 e. The molecule has 0 aromatic heterocycles. The average molecular weight is 499 g/mol. The molecule has 0 saturated carbocycles. The van der Waals surface area contributed by atoms with Crippen molar-refractivity contribution in [2.75, 3.05) is 44.2 Å². The Kier molecular flexibility index (Phi) is 9.40. The first-order chi connectivity index (χ1) is 18.1. The number of aryl methyl sites for hydroxylation is 1. The highest BCUT2D eigenvalue weighted by atomic mass is 16.5. The van der Waals surface area contributed by atoms with Crippen LogP contribution in [-0.4, -0.2) is 50.2 Å². The molecule has 3 aromatic carbocycles. The molecule has 1 fully saturated rings. The summed E-state index contributed by atoms with van der Waals surface area (Å²) in [6, 6.07) is 27.8. The summed E-state index contributed by atoms with van der Waals surface area (Å²) >= 11 is 0. The third-order valence-electron chi connectivity index (χ3n) is 7.88. The predicted molar refractivity (Wildman–Crippen MR) is 154 cm³/mol. The number of hydrogen-bond acceptors (Lipinski definition) is 4. The van der Waals surface area contributed by atoms with Crippen LogP contribution >= 0.6 is 0 Å². The molecule has 3 aromatic rings.